The number of amides is 1. The summed E-state index contributed by atoms with van der Waals surface area (Å²) in [6, 6.07) is 14.7. The highest BCUT2D eigenvalue weighted by atomic mass is 16.5. The highest BCUT2D eigenvalue weighted by Gasteiger charge is 2.18. The molecule has 0 aliphatic carbocycles. The molecule has 0 aromatic heterocycles. The van der Waals surface area contributed by atoms with Gasteiger partial charge in [-0.15, -0.1) is 0 Å². The minimum Gasteiger partial charge on any atom is -0.494 e. The molecule has 0 spiro atoms. The Labute approximate surface area is 165 Å². The quantitative estimate of drug-likeness (QED) is 0.477. The van der Waals surface area contributed by atoms with Gasteiger partial charge in [-0.1, -0.05) is 0 Å². The second-order valence-electron chi connectivity index (χ2n) is 6.67. The number of carbonyl (C=O) groups excluding carboxylic acids is 1. The molecule has 0 atom stereocenters. The molecular formula is C22H25N3O3. The van der Waals surface area contributed by atoms with E-state index in [1.807, 2.05) is 53.4 Å². The Morgan fingerprint density at radius 2 is 1.68 bits per heavy atom. The number of ether oxygens (including phenoxy) is 2. The van der Waals surface area contributed by atoms with Gasteiger partial charge >= 0.3 is 0 Å². The highest BCUT2D eigenvalue weighted by molar-refractivity contribution is 6.04. The van der Waals surface area contributed by atoms with E-state index in [2.05, 4.69) is 0 Å². The SMILES string of the molecule is N=CCC(=N)c1ccc(Oc2ccc(OCCCN3CCCC3=O)cc2)cc1. The summed E-state index contributed by atoms with van der Waals surface area (Å²) in [6.45, 7) is 2.20. The van der Waals surface area contributed by atoms with Gasteiger partial charge in [-0.2, -0.15) is 0 Å². The van der Waals surface area contributed by atoms with Crippen LogP contribution in [0.5, 0.6) is 17.2 Å². The number of likely N-dealkylation sites (tertiary alicyclic amines) is 1. The number of carbonyl (C=O) groups is 1. The van der Waals surface area contributed by atoms with Crippen LogP contribution in [0.3, 0.4) is 0 Å². The summed E-state index contributed by atoms with van der Waals surface area (Å²) in [7, 11) is 0. The van der Waals surface area contributed by atoms with E-state index in [0.717, 1.165) is 37.2 Å². The molecule has 2 aromatic carbocycles. The Bertz CT molecular complexity index is 816. The summed E-state index contributed by atoms with van der Waals surface area (Å²) in [4.78, 5) is 13.5. The molecule has 0 radical (unpaired) electrons. The van der Waals surface area contributed by atoms with Crippen LogP contribution < -0.4 is 9.47 Å². The third-order valence-electron chi connectivity index (χ3n) is 4.58. The first-order valence-corrected chi connectivity index (χ1v) is 9.51. The van der Waals surface area contributed by atoms with Crippen molar-refractivity contribution in [3.8, 4) is 17.2 Å². The Morgan fingerprint density at radius 1 is 1.04 bits per heavy atom. The molecule has 1 aliphatic rings. The first-order valence-electron chi connectivity index (χ1n) is 9.51. The van der Waals surface area contributed by atoms with Gasteiger partial charge in [-0.3, -0.25) is 4.79 Å². The number of nitrogens with zero attached hydrogens (tertiary/aromatic N) is 1. The maximum absolute atomic E-state index is 11.6. The van der Waals surface area contributed by atoms with Gasteiger partial charge in [0.25, 0.3) is 0 Å². The Morgan fingerprint density at radius 3 is 2.29 bits per heavy atom. The zero-order valence-electron chi connectivity index (χ0n) is 15.8. The molecule has 1 heterocycles. The number of rotatable bonds is 10. The topological polar surface area (TPSA) is 86.5 Å². The lowest BCUT2D eigenvalue weighted by Crippen LogP contribution is -2.26. The normalized spacial score (nSPS) is 13.4. The van der Waals surface area contributed by atoms with Gasteiger partial charge in [-0.05, 0) is 66.9 Å². The average molecular weight is 379 g/mol. The van der Waals surface area contributed by atoms with Gasteiger partial charge in [0.05, 0.1) is 6.61 Å². The lowest BCUT2D eigenvalue weighted by Gasteiger charge is -2.15. The molecule has 1 fully saturated rings. The van der Waals surface area contributed by atoms with E-state index in [1.165, 1.54) is 6.21 Å². The van der Waals surface area contributed by atoms with E-state index in [-0.39, 0.29) is 5.91 Å². The van der Waals surface area contributed by atoms with Gasteiger partial charge in [0.2, 0.25) is 5.91 Å². The molecule has 2 aromatic rings. The molecule has 0 unspecified atom stereocenters. The molecule has 0 bridgehead atoms. The summed E-state index contributed by atoms with van der Waals surface area (Å²) in [5, 5.41) is 14.9. The van der Waals surface area contributed by atoms with Crippen LogP contribution in [0.1, 0.15) is 31.2 Å². The Kier molecular flexibility index (Phi) is 6.78. The van der Waals surface area contributed by atoms with E-state index in [0.29, 0.717) is 36.7 Å². The molecule has 1 saturated heterocycles. The molecule has 0 saturated carbocycles. The molecule has 1 aliphatic heterocycles. The van der Waals surface area contributed by atoms with Crippen LogP contribution in [0, 0.1) is 10.8 Å². The predicted molar refractivity (Wildman–Crippen MR) is 109 cm³/mol. The van der Waals surface area contributed by atoms with Gasteiger partial charge < -0.3 is 25.2 Å². The van der Waals surface area contributed by atoms with Crippen molar-refractivity contribution < 1.29 is 14.3 Å². The van der Waals surface area contributed by atoms with Crippen LogP contribution in [0.15, 0.2) is 48.5 Å². The number of hydrogen-bond donors (Lipinski definition) is 2. The van der Waals surface area contributed by atoms with Crippen LogP contribution in [-0.2, 0) is 4.79 Å². The smallest absolute Gasteiger partial charge is 0.222 e. The highest BCUT2D eigenvalue weighted by Crippen LogP contribution is 2.24. The third kappa shape index (κ3) is 5.42. The van der Waals surface area contributed by atoms with Gasteiger partial charge in [-0.25, -0.2) is 0 Å². The average Bonchev–Trinajstić information content (AvgIpc) is 3.12. The molecule has 2 N–H and O–H groups in total. The van der Waals surface area contributed by atoms with Crippen LogP contribution >= 0.6 is 0 Å². The van der Waals surface area contributed by atoms with Crippen molar-refractivity contribution >= 4 is 17.8 Å². The van der Waals surface area contributed by atoms with E-state index < -0.39 is 0 Å². The zero-order chi connectivity index (χ0) is 19.8. The lowest BCUT2D eigenvalue weighted by molar-refractivity contribution is -0.127. The molecule has 28 heavy (non-hydrogen) atoms. The summed E-state index contributed by atoms with van der Waals surface area (Å²) >= 11 is 0. The fourth-order valence-corrected chi connectivity index (χ4v) is 3.07. The molecule has 6 heteroatoms. The van der Waals surface area contributed by atoms with Gasteiger partial charge in [0.1, 0.15) is 17.2 Å². The second kappa shape index (κ2) is 9.69. The van der Waals surface area contributed by atoms with Crippen LogP contribution in [0.25, 0.3) is 0 Å². The molecule has 3 rings (SSSR count). The maximum atomic E-state index is 11.6. The van der Waals surface area contributed by atoms with E-state index in [4.69, 9.17) is 20.3 Å². The van der Waals surface area contributed by atoms with Crippen molar-refractivity contribution in [1.29, 1.82) is 10.8 Å². The maximum Gasteiger partial charge on any atom is 0.222 e. The third-order valence-corrected chi connectivity index (χ3v) is 4.58. The van der Waals surface area contributed by atoms with Crippen LogP contribution in [-0.4, -0.2) is 42.4 Å². The number of nitrogens with one attached hydrogen (secondary N) is 2. The largest absolute Gasteiger partial charge is 0.494 e. The second-order valence-corrected chi connectivity index (χ2v) is 6.67. The summed E-state index contributed by atoms with van der Waals surface area (Å²) in [5.74, 6) is 2.42. The van der Waals surface area contributed by atoms with E-state index >= 15 is 0 Å². The van der Waals surface area contributed by atoms with Crippen molar-refractivity contribution in [2.45, 2.75) is 25.7 Å². The predicted octanol–water partition coefficient (Wildman–Crippen LogP) is 4.28. The molecule has 6 nitrogen and oxygen atoms in total. The van der Waals surface area contributed by atoms with Crippen molar-refractivity contribution in [2.24, 2.45) is 0 Å². The Balaban J connectivity index is 1.44. The first kappa shape index (κ1) is 19.6. The molecular weight excluding hydrogens is 354 g/mol. The van der Waals surface area contributed by atoms with Crippen LogP contribution in [0.4, 0.5) is 0 Å². The fraction of sp³-hybridized carbons (Fsp3) is 0.318. The van der Waals surface area contributed by atoms with Crippen molar-refractivity contribution in [3.05, 3.63) is 54.1 Å². The van der Waals surface area contributed by atoms with E-state index in [1.54, 1.807) is 0 Å². The number of benzene rings is 2. The van der Waals surface area contributed by atoms with Crippen LogP contribution in [0.2, 0.25) is 0 Å². The monoisotopic (exact) mass is 379 g/mol. The van der Waals surface area contributed by atoms with Crippen molar-refractivity contribution in [3.63, 3.8) is 0 Å². The first-order chi connectivity index (χ1) is 13.7. The minimum absolute atomic E-state index is 0.251. The standard InChI is InChI=1S/C22H25N3O3/c23-13-12-21(24)17-4-6-19(7-5-17)28-20-10-8-18(9-11-20)27-16-2-15-25-14-1-3-22(25)26/h4-11,13,23-24H,1-3,12,14-16H2. The van der Waals surface area contributed by atoms with Gasteiger partial charge in [0.15, 0.2) is 0 Å². The van der Waals surface area contributed by atoms with E-state index in [9.17, 15) is 4.79 Å². The zero-order valence-corrected chi connectivity index (χ0v) is 15.8. The molecule has 1 amide bonds. The lowest BCUT2D eigenvalue weighted by atomic mass is 10.1. The van der Waals surface area contributed by atoms with Crippen molar-refractivity contribution in [2.75, 3.05) is 19.7 Å². The van der Waals surface area contributed by atoms with Gasteiger partial charge in [0, 0.05) is 37.9 Å². The minimum atomic E-state index is 0.251. The fourth-order valence-electron chi connectivity index (χ4n) is 3.07. The summed E-state index contributed by atoms with van der Waals surface area (Å²) in [6.07, 6.45) is 4.02. The summed E-state index contributed by atoms with van der Waals surface area (Å²) < 4.78 is 11.6. The number of hydrogen-bond acceptors (Lipinski definition) is 5. The molecule has 146 valence electrons. The van der Waals surface area contributed by atoms with Crippen molar-refractivity contribution in [1.82, 2.24) is 4.90 Å². The Hall–Kier alpha value is -3.15. The summed E-state index contributed by atoms with van der Waals surface area (Å²) in [5.41, 5.74) is 1.20.